The van der Waals surface area contributed by atoms with Crippen molar-refractivity contribution in [3.8, 4) is 11.5 Å². The predicted molar refractivity (Wildman–Crippen MR) is 114 cm³/mol. The van der Waals surface area contributed by atoms with Crippen LogP contribution in [0.3, 0.4) is 0 Å². The molecule has 0 radical (unpaired) electrons. The first kappa shape index (κ1) is 21.4. The van der Waals surface area contributed by atoms with Crippen molar-refractivity contribution in [3.05, 3.63) is 65.2 Å². The molecule has 30 heavy (non-hydrogen) atoms. The number of likely N-dealkylation sites (N-methyl/N-ethyl adjacent to an activating group) is 1. The summed E-state index contributed by atoms with van der Waals surface area (Å²) in [7, 11) is 4.68. The van der Waals surface area contributed by atoms with Crippen molar-refractivity contribution >= 4 is 18.0 Å². The third-order valence-electron chi connectivity index (χ3n) is 5.35. The van der Waals surface area contributed by atoms with Crippen molar-refractivity contribution < 1.29 is 23.8 Å². The lowest BCUT2D eigenvalue weighted by Gasteiger charge is -2.33. The Morgan fingerprint density at radius 3 is 2.70 bits per heavy atom. The zero-order valence-electron chi connectivity index (χ0n) is 17.6. The lowest BCUT2D eigenvalue weighted by molar-refractivity contribution is -0.135. The van der Waals surface area contributed by atoms with Crippen LogP contribution >= 0.6 is 0 Å². The Labute approximate surface area is 177 Å². The molecule has 1 amide bonds. The fourth-order valence-corrected chi connectivity index (χ4v) is 3.69. The topological polar surface area (TPSA) is 65.1 Å². The molecular weight excluding hydrogens is 382 g/mol. The summed E-state index contributed by atoms with van der Waals surface area (Å²) in [5.41, 5.74) is 3.29. The maximum atomic E-state index is 12.8. The quantitative estimate of drug-likeness (QED) is 0.514. The van der Waals surface area contributed by atoms with E-state index in [0.717, 1.165) is 24.8 Å². The molecule has 0 saturated heterocycles. The number of amides is 1. The molecular formula is C24H27NO5. The summed E-state index contributed by atoms with van der Waals surface area (Å²) in [6.07, 6.45) is 6.02. The van der Waals surface area contributed by atoms with Crippen molar-refractivity contribution in [2.45, 2.75) is 25.3 Å². The van der Waals surface area contributed by atoms with E-state index in [2.05, 4.69) is 16.9 Å². The van der Waals surface area contributed by atoms with Crippen LogP contribution in [0.1, 0.15) is 35.6 Å². The van der Waals surface area contributed by atoms with Crippen LogP contribution in [0.2, 0.25) is 0 Å². The molecule has 2 aromatic carbocycles. The molecule has 0 N–H and O–H groups in total. The maximum Gasteiger partial charge on any atom is 0.330 e. The van der Waals surface area contributed by atoms with Crippen LogP contribution < -0.4 is 9.47 Å². The molecule has 0 aromatic heterocycles. The number of benzene rings is 2. The molecule has 1 unspecified atom stereocenters. The number of carbonyl (C=O) groups is 2. The number of rotatable bonds is 7. The molecule has 1 atom stereocenters. The van der Waals surface area contributed by atoms with E-state index in [9.17, 15) is 9.59 Å². The molecule has 0 fully saturated rings. The first-order valence-electron chi connectivity index (χ1n) is 9.93. The van der Waals surface area contributed by atoms with Gasteiger partial charge in [-0.25, -0.2) is 4.79 Å². The Morgan fingerprint density at radius 2 is 1.93 bits per heavy atom. The number of carbonyl (C=O) groups excluding carboxylic acids is 2. The Hall–Kier alpha value is -3.28. The van der Waals surface area contributed by atoms with Crippen LogP contribution in [0.5, 0.6) is 11.5 Å². The van der Waals surface area contributed by atoms with Crippen LogP contribution in [-0.2, 0) is 20.7 Å². The van der Waals surface area contributed by atoms with Gasteiger partial charge in [0.05, 0.1) is 20.3 Å². The van der Waals surface area contributed by atoms with Gasteiger partial charge in [0.25, 0.3) is 5.91 Å². The summed E-state index contributed by atoms with van der Waals surface area (Å²) in [6.45, 7) is -0.0805. The highest BCUT2D eigenvalue weighted by atomic mass is 16.5. The van der Waals surface area contributed by atoms with Gasteiger partial charge in [-0.05, 0) is 54.2 Å². The van der Waals surface area contributed by atoms with Crippen molar-refractivity contribution in [2.24, 2.45) is 0 Å². The molecule has 3 rings (SSSR count). The van der Waals surface area contributed by atoms with Gasteiger partial charge in [-0.1, -0.05) is 30.3 Å². The second-order valence-electron chi connectivity index (χ2n) is 7.17. The standard InChI is InChI=1S/C24H27NO5/c1-25(20-10-6-8-18-7-4-5-9-19(18)20)23(26)16-30-21-13-11-17(15-22(21)28-2)12-14-24(27)29-3/h4-5,7,9,11-15,20H,6,8,10,16H2,1-3H3/b14-12+. The van der Waals surface area contributed by atoms with E-state index in [4.69, 9.17) is 9.47 Å². The van der Waals surface area contributed by atoms with Crippen LogP contribution in [0.15, 0.2) is 48.5 Å². The number of esters is 1. The molecule has 1 aliphatic carbocycles. The highest BCUT2D eigenvalue weighted by Crippen LogP contribution is 2.34. The van der Waals surface area contributed by atoms with E-state index in [0.29, 0.717) is 11.5 Å². The number of nitrogens with zero attached hydrogens (tertiary/aromatic N) is 1. The minimum atomic E-state index is -0.438. The Morgan fingerprint density at radius 1 is 1.13 bits per heavy atom. The van der Waals surface area contributed by atoms with E-state index < -0.39 is 5.97 Å². The highest BCUT2D eigenvalue weighted by Gasteiger charge is 2.26. The Balaban J connectivity index is 1.66. The van der Waals surface area contributed by atoms with Gasteiger partial charge in [0, 0.05) is 13.1 Å². The predicted octanol–water partition coefficient (Wildman–Crippen LogP) is 3.80. The molecule has 1 aliphatic rings. The second kappa shape index (κ2) is 9.96. The van der Waals surface area contributed by atoms with Crippen molar-refractivity contribution in [3.63, 3.8) is 0 Å². The molecule has 0 bridgehead atoms. The lowest BCUT2D eigenvalue weighted by atomic mass is 9.87. The van der Waals surface area contributed by atoms with Gasteiger partial charge in [0.15, 0.2) is 18.1 Å². The summed E-state index contributed by atoms with van der Waals surface area (Å²) in [5, 5.41) is 0. The van der Waals surface area contributed by atoms with E-state index in [1.807, 2.05) is 19.2 Å². The van der Waals surface area contributed by atoms with E-state index in [-0.39, 0.29) is 18.6 Å². The van der Waals surface area contributed by atoms with Gasteiger partial charge in [-0.2, -0.15) is 0 Å². The molecule has 0 spiro atoms. The third kappa shape index (κ3) is 5.00. The van der Waals surface area contributed by atoms with Crippen LogP contribution in [-0.4, -0.2) is 44.7 Å². The largest absolute Gasteiger partial charge is 0.493 e. The Bertz CT molecular complexity index is 937. The highest BCUT2D eigenvalue weighted by molar-refractivity contribution is 5.87. The van der Waals surface area contributed by atoms with Gasteiger partial charge in [-0.3, -0.25) is 4.79 Å². The zero-order chi connectivity index (χ0) is 21.5. The summed E-state index contributed by atoms with van der Waals surface area (Å²) >= 11 is 0. The summed E-state index contributed by atoms with van der Waals surface area (Å²) < 4.78 is 15.7. The van der Waals surface area contributed by atoms with Crippen LogP contribution in [0.25, 0.3) is 6.08 Å². The fraction of sp³-hybridized carbons (Fsp3) is 0.333. The normalized spacial score (nSPS) is 15.4. The third-order valence-corrected chi connectivity index (χ3v) is 5.35. The van der Waals surface area contributed by atoms with E-state index >= 15 is 0 Å². The number of fused-ring (bicyclic) bond motifs is 1. The summed E-state index contributed by atoms with van der Waals surface area (Å²) in [4.78, 5) is 25.8. The van der Waals surface area contributed by atoms with Gasteiger partial charge < -0.3 is 19.1 Å². The van der Waals surface area contributed by atoms with Crippen molar-refractivity contribution in [1.29, 1.82) is 0 Å². The van der Waals surface area contributed by atoms with Crippen molar-refractivity contribution in [1.82, 2.24) is 4.90 Å². The summed E-state index contributed by atoms with van der Waals surface area (Å²) in [6, 6.07) is 13.6. The molecule has 158 valence electrons. The number of hydrogen-bond donors (Lipinski definition) is 0. The molecule has 6 nitrogen and oxygen atoms in total. The first-order chi connectivity index (χ1) is 14.5. The lowest BCUT2D eigenvalue weighted by Crippen LogP contribution is -2.36. The minimum Gasteiger partial charge on any atom is -0.493 e. The van der Waals surface area contributed by atoms with Gasteiger partial charge in [0.2, 0.25) is 0 Å². The summed E-state index contributed by atoms with van der Waals surface area (Å²) in [5.74, 6) is 0.430. The van der Waals surface area contributed by atoms with E-state index in [1.165, 1.54) is 31.4 Å². The van der Waals surface area contributed by atoms with Crippen molar-refractivity contribution in [2.75, 3.05) is 27.9 Å². The average molecular weight is 409 g/mol. The zero-order valence-corrected chi connectivity index (χ0v) is 17.6. The molecule has 0 heterocycles. The number of methoxy groups -OCH3 is 2. The fourth-order valence-electron chi connectivity index (χ4n) is 3.69. The average Bonchev–Trinajstić information content (AvgIpc) is 2.80. The SMILES string of the molecule is COC(=O)/C=C/c1ccc(OCC(=O)N(C)C2CCCc3ccccc32)c(OC)c1. The maximum absolute atomic E-state index is 12.8. The molecule has 0 aliphatic heterocycles. The first-order valence-corrected chi connectivity index (χ1v) is 9.93. The number of hydrogen-bond acceptors (Lipinski definition) is 5. The number of aryl methyl sites for hydroxylation is 1. The monoisotopic (exact) mass is 409 g/mol. The van der Waals surface area contributed by atoms with Gasteiger partial charge in [-0.15, -0.1) is 0 Å². The van der Waals surface area contributed by atoms with Gasteiger partial charge in [0.1, 0.15) is 0 Å². The van der Waals surface area contributed by atoms with Crippen LogP contribution in [0, 0.1) is 0 Å². The molecule has 0 saturated carbocycles. The van der Waals surface area contributed by atoms with Gasteiger partial charge >= 0.3 is 5.97 Å². The Kier molecular flexibility index (Phi) is 7.12. The minimum absolute atomic E-state index is 0.0683. The van der Waals surface area contributed by atoms with E-state index in [1.54, 1.807) is 29.2 Å². The molecule has 2 aromatic rings. The van der Waals surface area contributed by atoms with Crippen LogP contribution in [0.4, 0.5) is 0 Å². The second-order valence-corrected chi connectivity index (χ2v) is 7.17. The molecule has 6 heteroatoms. The number of ether oxygens (including phenoxy) is 3. The smallest absolute Gasteiger partial charge is 0.330 e.